The van der Waals surface area contributed by atoms with Crippen LogP contribution in [0.1, 0.15) is 38.6 Å². The van der Waals surface area contributed by atoms with Gasteiger partial charge < -0.3 is 14.9 Å². The van der Waals surface area contributed by atoms with Gasteiger partial charge in [-0.25, -0.2) is 4.79 Å². The minimum Gasteiger partial charge on any atom is -0.469 e. The normalized spacial score (nSPS) is 20.1. The molecule has 1 N–H and O–H groups in total. The van der Waals surface area contributed by atoms with E-state index in [4.69, 9.17) is 21.1 Å². The van der Waals surface area contributed by atoms with Crippen molar-refractivity contribution in [2.75, 3.05) is 7.11 Å². The molecule has 2 aliphatic heterocycles. The van der Waals surface area contributed by atoms with Crippen LogP contribution >= 0.6 is 22.9 Å². The molecule has 2 unspecified atom stereocenters. The van der Waals surface area contributed by atoms with E-state index < -0.39 is 0 Å². The van der Waals surface area contributed by atoms with E-state index in [0.717, 1.165) is 27.5 Å². The summed E-state index contributed by atoms with van der Waals surface area (Å²) in [5, 5.41) is 4.80. The van der Waals surface area contributed by atoms with Crippen LogP contribution in [0.4, 0.5) is 0 Å². The average molecular weight is 425 g/mol. The van der Waals surface area contributed by atoms with E-state index in [1.165, 1.54) is 7.11 Å². The van der Waals surface area contributed by atoms with Gasteiger partial charge in [-0.2, -0.15) is 5.01 Å². The van der Waals surface area contributed by atoms with Crippen molar-refractivity contribution in [3.63, 3.8) is 0 Å². The number of rotatable bonds is 3. The molecule has 5 rings (SSSR count). The third-order valence-corrected chi connectivity index (χ3v) is 6.20. The molecule has 1 aromatic heterocycles. The zero-order valence-corrected chi connectivity index (χ0v) is 17.0. The predicted molar refractivity (Wildman–Crippen MR) is 113 cm³/mol. The van der Waals surface area contributed by atoms with E-state index in [0.29, 0.717) is 10.6 Å². The van der Waals surface area contributed by atoms with Gasteiger partial charge in [0.2, 0.25) is 0 Å². The topological polar surface area (TPSA) is 50.8 Å². The van der Waals surface area contributed by atoms with E-state index in [-0.39, 0.29) is 18.2 Å². The van der Waals surface area contributed by atoms with E-state index in [1.54, 1.807) is 23.5 Å². The molecule has 0 saturated carbocycles. The summed E-state index contributed by atoms with van der Waals surface area (Å²) in [5.74, 6) is 0.433. The molecule has 7 heteroatoms. The molecular weight excluding hydrogens is 408 g/mol. The summed E-state index contributed by atoms with van der Waals surface area (Å²) in [6.07, 6.45) is 1.83. The molecule has 146 valence electrons. The fraction of sp³-hybridized carbons (Fsp3) is 0.136. The van der Waals surface area contributed by atoms with Crippen molar-refractivity contribution in [2.24, 2.45) is 0 Å². The van der Waals surface area contributed by atoms with Crippen LogP contribution in [-0.4, -0.2) is 18.1 Å². The van der Waals surface area contributed by atoms with Crippen molar-refractivity contribution < 1.29 is 14.3 Å². The predicted octanol–water partition coefficient (Wildman–Crippen LogP) is 5.18. The molecule has 29 heavy (non-hydrogen) atoms. The summed E-state index contributed by atoms with van der Waals surface area (Å²) in [5.41, 5.74) is 6.98. The molecule has 0 radical (unpaired) electrons. The van der Waals surface area contributed by atoms with Crippen molar-refractivity contribution >= 4 is 34.6 Å². The molecule has 5 nitrogen and oxygen atoms in total. The van der Waals surface area contributed by atoms with Gasteiger partial charge in [-0.1, -0.05) is 29.8 Å². The highest BCUT2D eigenvalue weighted by Crippen LogP contribution is 2.47. The fourth-order valence-corrected chi connectivity index (χ4v) is 4.54. The van der Waals surface area contributed by atoms with Crippen molar-refractivity contribution in [3.05, 3.63) is 92.6 Å². The number of halogens is 1. The third-order valence-electron chi connectivity index (χ3n) is 5.06. The first kappa shape index (κ1) is 18.2. The van der Waals surface area contributed by atoms with Gasteiger partial charge in [-0.05, 0) is 47.9 Å². The average Bonchev–Trinajstić information content (AvgIpc) is 3.43. The Hall–Kier alpha value is -2.80. The van der Waals surface area contributed by atoms with Gasteiger partial charge in [0.15, 0.2) is 6.23 Å². The van der Waals surface area contributed by atoms with Gasteiger partial charge in [0.25, 0.3) is 0 Å². The highest BCUT2D eigenvalue weighted by atomic mass is 35.5. The summed E-state index contributed by atoms with van der Waals surface area (Å²) in [4.78, 5) is 12.9. The lowest BCUT2D eigenvalue weighted by molar-refractivity contribution is -0.0326. The van der Waals surface area contributed by atoms with Crippen LogP contribution in [0.2, 0.25) is 5.02 Å². The number of ether oxygens (including phenoxy) is 2. The van der Waals surface area contributed by atoms with Crippen LogP contribution in [-0.2, 0) is 4.74 Å². The minimum absolute atomic E-state index is 0.0279. The lowest BCUT2D eigenvalue weighted by Crippen LogP contribution is -2.43. The van der Waals surface area contributed by atoms with Crippen LogP contribution in [0.3, 0.4) is 0 Å². The minimum atomic E-state index is -0.367. The van der Waals surface area contributed by atoms with Crippen molar-refractivity contribution in [1.29, 1.82) is 0 Å². The second-order valence-corrected chi connectivity index (χ2v) is 8.17. The Kier molecular flexibility index (Phi) is 4.54. The van der Waals surface area contributed by atoms with Gasteiger partial charge >= 0.3 is 5.97 Å². The van der Waals surface area contributed by atoms with Gasteiger partial charge in [0.05, 0.1) is 29.3 Å². The van der Waals surface area contributed by atoms with Crippen LogP contribution in [0, 0.1) is 0 Å². The van der Waals surface area contributed by atoms with E-state index in [2.05, 4.69) is 28.0 Å². The van der Waals surface area contributed by atoms with E-state index in [1.807, 2.05) is 36.4 Å². The Morgan fingerprint density at radius 2 is 2.03 bits per heavy atom. The standard InChI is InChI=1S/C22H17ClN2O3S/c1-27-22(26)14-6-4-13(5-7-14)21-25-18(12-17(24-25)20-3-2-10-29-20)16-11-15(23)8-9-19(16)28-21/h2-12,18,21,24H,1H3. The second kappa shape index (κ2) is 7.22. The van der Waals surface area contributed by atoms with Gasteiger partial charge in [-0.3, -0.25) is 0 Å². The van der Waals surface area contributed by atoms with Gasteiger partial charge in [-0.15, -0.1) is 11.3 Å². The first-order valence-corrected chi connectivity index (χ1v) is 10.3. The summed E-state index contributed by atoms with van der Waals surface area (Å²) < 4.78 is 11.1. The molecule has 0 saturated heterocycles. The highest BCUT2D eigenvalue weighted by Gasteiger charge is 2.40. The van der Waals surface area contributed by atoms with E-state index >= 15 is 0 Å². The number of carbonyl (C=O) groups excluding carboxylic acids is 1. The van der Waals surface area contributed by atoms with Crippen molar-refractivity contribution in [1.82, 2.24) is 10.4 Å². The lowest BCUT2D eigenvalue weighted by atomic mass is 10.0. The molecule has 3 heterocycles. The van der Waals surface area contributed by atoms with Crippen LogP contribution in [0.25, 0.3) is 5.70 Å². The number of hydrogen-bond acceptors (Lipinski definition) is 6. The quantitative estimate of drug-likeness (QED) is 0.587. The molecule has 2 aromatic carbocycles. The van der Waals surface area contributed by atoms with Crippen molar-refractivity contribution in [2.45, 2.75) is 12.3 Å². The number of carbonyl (C=O) groups is 1. The van der Waals surface area contributed by atoms with Crippen LogP contribution in [0.15, 0.2) is 66.1 Å². The summed E-state index contributed by atoms with van der Waals surface area (Å²) >= 11 is 7.94. The Bertz CT molecular complexity index is 1100. The molecule has 0 bridgehead atoms. The number of nitrogens with one attached hydrogen (secondary N) is 1. The first-order valence-electron chi connectivity index (χ1n) is 9.09. The maximum Gasteiger partial charge on any atom is 0.337 e. The molecule has 0 aliphatic carbocycles. The number of fused-ring (bicyclic) bond motifs is 3. The van der Waals surface area contributed by atoms with Gasteiger partial charge in [0, 0.05) is 16.1 Å². The molecule has 0 fully saturated rings. The summed E-state index contributed by atoms with van der Waals surface area (Å²) in [6.45, 7) is 0. The maximum atomic E-state index is 11.8. The van der Waals surface area contributed by atoms with Crippen molar-refractivity contribution in [3.8, 4) is 5.75 Å². The SMILES string of the molecule is COC(=O)c1ccc(C2Oc3ccc(Cl)cc3C3C=C(c4cccs4)NN32)cc1. The molecule has 2 aliphatic rings. The van der Waals surface area contributed by atoms with Crippen LogP contribution < -0.4 is 10.2 Å². The van der Waals surface area contributed by atoms with Crippen LogP contribution in [0.5, 0.6) is 5.75 Å². The Morgan fingerprint density at radius 3 is 2.76 bits per heavy atom. The summed E-state index contributed by atoms with van der Waals surface area (Å²) in [6, 6.07) is 17.1. The number of esters is 1. The first-order chi connectivity index (χ1) is 14.1. The van der Waals surface area contributed by atoms with Gasteiger partial charge in [0.1, 0.15) is 5.75 Å². The Labute approximate surface area is 177 Å². The molecule has 3 aromatic rings. The van der Waals surface area contributed by atoms with E-state index in [9.17, 15) is 4.79 Å². The number of benzene rings is 2. The zero-order chi connectivity index (χ0) is 20.0. The number of hydrogen-bond donors (Lipinski definition) is 1. The number of thiophene rings is 1. The lowest BCUT2D eigenvalue weighted by Gasteiger charge is -2.39. The third kappa shape index (κ3) is 3.19. The Balaban J connectivity index is 1.54. The largest absolute Gasteiger partial charge is 0.469 e. The molecule has 2 atom stereocenters. The molecular formula is C22H17ClN2O3S. The maximum absolute atomic E-state index is 11.8. The fourth-order valence-electron chi connectivity index (χ4n) is 3.66. The number of nitrogens with zero attached hydrogens (tertiary/aromatic N) is 1. The number of methoxy groups -OCH3 is 1. The molecule has 0 spiro atoms. The summed E-state index contributed by atoms with van der Waals surface area (Å²) in [7, 11) is 1.37. The zero-order valence-electron chi connectivity index (χ0n) is 15.5. The molecule has 0 amide bonds. The monoisotopic (exact) mass is 424 g/mol. The Morgan fingerprint density at radius 1 is 1.21 bits per heavy atom. The number of hydrazine groups is 1. The highest BCUT2D eigenvalue weighted by molar-refractivity contribution is 7.11. The second-order valence-electron chi connectivity index (χ2n) is 6.79. The smallest absolute Gasteiger partial charge is 0.337 e.